The zero-order valence-corrected chi connectivity index (χ0v) is 19.0. The smallest absolute Gasteiger partial charge is 0.226 e. The number of rotatable bonds is 10. The van der Waals surface area contributed by atoms with Crippen LogP contribution in [0.1, 0.15) is 31.7 Å². The van der Waals surface area contributed by atoms with Gasteiger partial charge in [-0.15, -0.1) is 0 Å². The van der Waals surface area contributed by atoms with Gasteiger partial charge in [-0.2, -0.15) is 0 Å². The maximum atomic E-state index is 14.4. The largest absolute Gasteiger partial charge is 0.356 e. The van der Waals surface area contributed by atoms with Gasteiger partial charge < -0.3 is 15.6 Å². The van der Waals surface area contributed by atoms with Crippen molar-refractivity contribution < 1.29 is 22.4 Å². The molecule has 2 aromatic carbocycles. The molecule has 1 atom stereocenters. The summed E-state index contributed by atoms with van der Waals surface area (Å²) >= 11 is 0. The Hall–Kier alpha value is -3.20. The van der Waals surface area contributed by atoms with Crippen LogP contribution in [-0.2, 0) is 11.3 Å². The number of nitrogens with zero attached hydrogens (tertiary/aromatic N) is 2. The van der Waals surface area contributed by atoms with Gasteiger partial charge in [-0.05, 0) is 18.1 Å². The average Bonchev–Trinajstić information content (AvgIpc) is 3.17. The molecule has 1 radical (unpaired) electrons. The third-order valence-corrected chi connectivity index (χ3v) is 5.35. The van der Waals surface area contributed by atoms with E-state index in [1.807, 2.05) is 30.3 Å². The van der Waals surface area contributed by atoms with Crippen LogP contribution in [-0.4, -0.2) is 34.7 Å². The van der Waals surface area contributed by atoms with Gasteiger partial charge in [-0.1, -0.05) is 44.2 Å². The first-order valence-corrected chi connectivity index (χ1v) is 10.8. The molecular formula is C25H27F4N4O. The van der Waals surface area contributed by atoms with Crippen LogP contribution in [0.2, 0.25) is 0 Å². The van der Waals surface area contributed by atoms with Crippen molar-refractivity contribution in [1.82, 2.24) is 14.9 Å². The molecule has 5 nitrogen and oxygen atoms in total. The van der Waals surface area contributed by atoms with Gasteiger partial charge in [0.2, 0.25) is 5.91 Å². The summed E-state index contributed by atoms with van der Waals surface area (Å²) in [6.45, 7) is 3.20. The van der Waals surface area contributed by atoms with Gasteiger partial charge >= 0.3 is 0 Å². The van der Waals surface area contributed by atoms with Gasteiger partial charge in [0.25, 0.3) is 0 Å². The number of hydrogen-bond donors (Lipinski definition) is 2. The van der Waals surface area contributed by atoms with Gasteiger partial charge in [0.1, 0.15) is 18.3 Å². The molecule has 9 heteroatoms. The first-order valence-electron chi connectivity index (χ1n) is 10.8. The van der Waals surface area contributed by atoms with Crippen molar-refractivity contribution in [3.8, 4) is 11.3 Å². The lowest BCUT2D eigenvalue weighted by Crippen LogP contribution is -2.40. The maximum Gasteiger partial charge on any atom is 0.226 e. The number of aromatic nitrogens is 2. The van der Waals surface area contributed by atoms with Crippen molar-refractivity contribution >= 4 is 5.91 Å². The number of imidazole rings is 1. The SMILES string of the molecule is CC(C)([CH]c1nc(-c2cc(F)cc(F)c2F)cn1Cc1ccccc1)C(=O)NCC[C@@H](N)CF. The number of halogens is 4. The lowest BCUT2D eigenvalue weighted by atomic mass is 9.87. The number of carbonyl (C=O) groups is 1. The third-order valence-electron chi connectivity index (χ3n) is 5.35. The number of hydrogen-bond acceptors (Lipinski definition) is 3. The summed E-state index contributed by atoms with van der Waals surface area (Å²) in [5.41, 5.74) is 5.12. The average molecular weight is 476 g/mol. The lowest BCUT2D eigenvalue weighted by Gasteiger charge is -2.23. The molecule has 3 aromatic rings. The maximum absolute atomic E-state index is 14.4. The van der Waals surface area contributed by atoms with E-state index in [1.165, 1.54) is 6.20 Å². The molecule has 181 valence electrons. The summed E-state index contributed by atoms with van der Waals surface area (Å²) in [5.74, 6) is -3.47. The highest BCUT2D eigenvalue weighted by Crippen LogP contribution is 2.30. The summed E-state index contributed by atoms with van der Waals surface area (Å²) in [5, 5.41) is 2.73. The van der Waals surface area contributed by atoms with Gasteiger partial charge in [-0.25, -0.2) is 22.5 Å². The first kappa shape index (κ1) is 25.4. The normalized spacial score (nSPS) is 12.6. The van der Waals surface area contributed by atoms with Gasteiger partial charge in [-0.3, -0.25) is 4.79 Å². The van der Waals surface area contributed by atoms with Crippen molar-refractivity contribution in [2.45, 2.75) is 32.9 Å². The zero-order valence-electron chi connectivity index (χ0n) is 19.0. The van der Waals surface area contributed by atoms with Crippen LogP contribution in [0.4, 0.5) is 17.6 Å². The van der Waals surface area contributed by atoms with E-state index in [9.17, 15) is 22.4 Å². The van der Waals surface area contributed by atoms with E-state index in [2.05, 4.69) is 10.3 Å². The molecule has 1 aromatic heterocycles. The molecule has 0 unspecified atom stereocenters. The molecule has 0 fully saturated rings. The van der Waals surface area contributed by atoms with E-state index in [-0.39, 0.29) is 30.1 Å². The van der Waals surface area contributed by atoms with Gasteiger partial charge in [0, 0.05) is 43.4 Å². The summed E-state index contributed by atoms with van der Waals surface area (Å²) < 4.78 is 56.3. The van der Waals surface area contributed by atoms with E-state index >= 15 is 0 Å². The van der Waals surface area contributed by atoms with Gasteiger partial charge in [0.05, 0.1) is 11.1 Å². The molecule has 0 aliphatic heterocycles. The second-order valence-corrected chi connectivity index (χ2v) is 8.67. The van der Waals surface area contributed by atoms with Crippen molar-refractivity contribution in [3.63, 3.8) is 0 Å². The molecule has 0 bridgehead atoms. The Bertz CT molecular complexity index is 1130. The predicted molar refractivity (Wildman–Crippen MR) is 122 cm³/mol. The molecule has 0 spiro atoms. The number of alkyl halides is 1. The Balaban J connectivity index is 1.91. The van der Waals surface area contributed by atoms with Crippen LogP contribution >= 0.6 is 0 Å². The predicted octanol–water partition coefficient (Wildman–Crippen LogP) is 4.40. The van der Waals surface area contributed by atoms with E-state index in [0.717, 1.165) is 11.6 Å². The molecule has 1 amide bonds. The fraction of sp³-hybridized carbons (Fsp3) is 0.320. The second-order valence-electron chi connectivity index (χ2n) is 8.67. The molecule has 0 aliphatic rings. The number of benzene rings is 2. The number of amides is 1. The lowest BCUT2D eigenvalue weighted by molar-refractivity contribution is -0.127. The molecule has 3 N–H and O–H groups in total. The van der Waals surface area contributed by atoms with Crippen molar-refractivity contribution in [3.05, 3.63) is 83.9 Å². The standard InChI is InChI=1S/C25H27F4N4O/c1-25(2,24(34)31-9-8-18(30)13-26)12-22-32-21(19-10-17(27)11-20(28)23(19)29)15-33(22)14-16-6-4-3-5-7-16/h3-7,10-12,15,18H,8-9,13-14,30H2,1-2H3,(H,31,34)/t18-/m1/s1. The van der Waals surface area contributed by atoms with E-state index in [0.29, 0.717) is 18.4 Å². The van der Waals surface area contributed by atoms with E-state index in [4.69, 9.17) is 5.73 Å². The van der Waals surface area contributed by atoms with Crippen LogP contribution in [0.15, 0.2) is 48.7 Å². The molecule has 3 rings (SSSR count). The number of nitrogens with two attached hydrogens (primary N) is 1. The Morgan fingerprint density at radius 2 is 1.91 bits per heavy atom. The van der Waals surface area contributed by atoms with Crippen LogP contribution in [0, 0.1) is 29.3 Å². The topological polar surface area (TPSA) is 72.9 Å². The first-order chi connectivity index (χ1) is 16.1. The van der Waals surface area contributed by atoms with E-state index in [1.54, 1.807) is 24.8 Å². The fourth-order valence-corrected chi connectivity index (χ4v) is 3.39. The Kier molecular flexibility index (Phi) is 8.09. The highest BCUT2D eigenvalue weighted by molar-refractivity contribution is 5.83. The minimum absolute atomic E-state index is 0.0307. The monoisotopic (exact) mass is 475 g/mol. The molecule has 34 heavy (non-hydrogen) atoms. The van der Waals surface area contributed by atoms with Gasteiger partial charge in [0.15, 0.2) is 11.6 Å². The Morgan fingerprint density at radius 3 is 2.59 bits per heavy atom. The quantitative estimate of drug-likeness (QED) is 0.337. The summed E-state index contributed by atoms with van der Waals surface area (Å²) in [7, 11) is 0. The molecule has 0 aliphatic carbocycles. The summed E-state index contributed by atoms with van der Waals surface area (Å²) in [6.07, 6.45) is 3.37. The molecular weight excluding hydrogens is 448 g/mol. The zero-order chi connectivity index (χ0) is 24.9. The second kappa shape index (κ2) is 10.8. The number of nitrogens with one attached hydrogen (secondary N) is 1. The number of carbonyl (C=O) groups excluding carboxylic acids is 1. The molecule has 1 heterocycles. The van der Waals surface area contributed by atoms with Crippen LogP contribution in [0.25, 0.3) is 11.3 Å². The third kappa shape index (κ3) is 6.22. The Labute approximate surface area is 196 Å². The van der Waals surface area contributed by atoms with Crippen LogP contribution < -0.4 is 11.1 Å². The van der Waals surface area contributed by atoms with Crippen molar-refractivity contribution in [1.29, 1.82) is 0 Å². The molecule has 0 saturated carbocycles. The van der Waals surface area contributed by atoms with Crippen LogP contribution in [0.5, 0.6) is 0 Å². The summed E-state index contributed by atoms with van der Waals surface area (Å²) in [4.78, 5) is 17.1. The highest BCUT2D eigenvalue weighted by atomic mass is 19.2. The van der Waals surface area contributed by atoms with Crippen molar-refractivity contribution in [2.24, 2.45) is 11.1 Å². The van der Waals surface area contributed by atoms with Crippen LogP contribution in [0.3, 0.4) is 0 Å². The summed E-state index contributed by atoms with van der Waals surface area (Å²) in [6, 6.07) is 10.0. The fourth-order valence-electron chi connectivity index (χ4n) is 3.39. The van der Waals surface area contributed by atoms with Crippen molar-refractivity contribution in [2.75, 3.05) is 13.2 Å². The Morgan fingerprint density at radius 1 is 1.21 bits per heavy atom. The highest BCUT2D eigenvalue weighted by Gasteiger charge is 2.31. The molecule has 0 saturated heterocycles. The minimum Gasteiger partial charge on any atom is -0.356 e. The minimum atomic E-state index is -1.32. The van der Waals surface area contributed by atoms with E-state index < -0.39 is 35.6 Å².